The fraction of sp³-hybridized carbons (Fsp3) is 0.429. The Kier molecular flexibility index (Phi) is 7.45. The average Bonchev–Trinajstić information content (AvgIpc) is 3.25. The van der Waals surface area contributed by atoms with Gasteiger partial charge in [0.15, 0.2) is 0 Å². The Hall–Kier alpha value is -2.38. The first-order valence-electron chi connectivity index (χ1n) is 9.73. The lowest BCUT2D eigenvalue weighted by atomic mass is 10.2. The van der Waals surface area contributed by atoms with Crippen molar-refractivity contribution in [3.05, 3.63) is 52.2 Å². The van der Waals surface area contributed by atoms with Crippen LogP contribution >= 0.6 is 11.3 Å². The second kappa shape index (κ2) is 10.2. The molecule has 28 heavy (non-hydrogen) atoms. The van der Waals surface area contributed by atoms with E-state index in [4.69, 9.17) is 0 Å². The van der Waals surface area contributed by atoms with Gasteiger partial charge >= 0.3 is 0 Å². The van der Waals surface area contributed by atoms with Gasteiger partial charge in [0, 0.05) is 49.4 Å². The van der Waals surface area contributed by atoms with Gasteiger partial charge in [0.05, 0.1) is 6.54 Å². The predicted molar refractivity (Wildman–Crippen MR) is 114 cm³/mol. The number of nitrogens with zero attached hydrogens (tertiary/aromatic N) is 2. The molecule has 0 radical (unpaired) electrons. The number of rotatable bonds is 8. The molecule has 0 unspecified atom stereocenters. The van der Waals surface area contributed by atoms with E-state index in [2.05, 4.69) is 51.6 Å². The molecule has 1 aliphatic rings. The van der Waals surface area contributed by atoms with Crippen LogP contribution in [0.25, 0.3) is 0 Å². The van der Waals surface area contributed by atoms with Crippen molar-refractivity contribution in [3.63, 3.8) is 0 Å². The minimum Gasteiger partial charge on any atom is -0.369 e. The van der Waals surface area contributed by atoms with Gasteiger partial charge < -0.3 is 15.5 Å². The summed E-state index contributed by atoms with van der Waals surface area (Å²) in [5.41, 5.74) is 3.20. The summed E-state index contributed by atoms with van der Waals surface area (Å²) in [5, 5.41) is 9.13. The highest BCUT2D eigenvalue weighted by molar-refractivity contribution is 7.08. The van der Waals surface area contributed by atoms with Gasteiger partial charge in [0.2, 0.25) is 5.91 Å². The summed E-state index contributed by atoms with van der Waals surface area (Å²) >= 11 is 1.46. The third-order valence-electron chi connectivity index (χ3n) is 4.91. The standard InChI is InChI=1S/C21H28N4O2S/c1-17-4-2-5-19(14-17)25-11-9-24(10-12-25)8-3-7-22-20(26)15-23-21(27)18-6-13-28-16-18/h2,4-6,13-14,16H,3,7-12,15H2,1H3,(H,22,26)(H,23,27). The number of benzene rings is 1. The Morgan fingerprint density at radius 1 is 1.11 bits per heavy atom. The maximum atomic E-state index is 11.9. The maximum absolute atomic E-state index is 11.9. The number of carbonyl (C=O) groups excluding carboxylic acids is 2. The Morgan fingerprint density at radius 3 is 2.64 bits per heavy atom. The fourth-order valence-corrected chi connectivity index (χ4v) is 3.94. The summed E-state index contributed by atoms with van der Waals surface area (Å²) in [6.07, 6.45) is 0.911. The molecule has 150 valence electrons. The van der Waals surface area contributed by atoms with Crippen LogP contribution in [0.15, 0.2) is 41.1 Å². The molecule has 0 spiro atoms. The van der Waals surface area contributed by atoms with Crippen LogP contribution in [0.3, 0.4) is 0 Å². The van der Waals surface area contributed by atoms with Gasteiger partial charge in [-0.05, 0) is 49.0 Å². The highest BCUT2D eigenvalue weighted by atomic mass is 32.1. The Bertz CT molecular complexity index is 770. The summed E-state index contributed by atoms with van der Waals surface area (Å²) in [4.78, 5) is 28.5. The lowest BCUT2D eigenvalue weighted by molar-refractivity contribution is -0.120. The molecule has 2 amide bonds. The summed E-state index contributed by atoms with van der Waals surface area (Å²) < 4.78 is 0. The van der Waals surface area contributed by atoms with Crippen molar-refractivity contribution in [3.8, 4) is 0 Å². The van der Waals surface area contributed by atoms with Crippen LogP contribution < -0.4 is 15.5 Å². The van der Waals surface area contributed by atoms with Crippen LogP contribution in [-0.4, -0.2) is 62.5 Å². The van der Waals surface area contributed by atoms with Crippen molar-refractivity contribution < 1.29 is 9.59 Å². The second-order valence-electron chi connectivity index (χ2n) is 7.07. The van der Waals surface area contributed by atoms with Gasteiger partial charge in [-0.15, -0.1) is 0 Å². The van der Waals surface area contributed by atoms with Gasteiger partial charge in [-0.3, -0.25) is 14.5 Å². The van der Waals surface area contributed by atoms with E-state index in [9.17, 15) is 9.59 Å². The molecule has 2 aromatic rings. The normalized spacial score (nSPS) is 14.7. The Labute approximate surface area is 170 Å². The monoisotopic (exact) mass is 400 g/mol. The zero-order chi connectivity index (χ0) is 19.8. The molecular weight excluding hydrogens is 372 g/mol. The number of nitrogens with one attached hydrogen (secondary N) is 2. The molecule has 2 N–H and O–H groups in total. The number of hydrogen-bond donors (Lipinski definition) is 2. The molecule has 0 atom stereocenters. The van der Waals surface area contributed by atoms with E-state index in [-0.39, 0.29) is 18.4 Å². The summed E-state index contributed by atoms with van der Waals surface area (Å²) in [7, 11) is 0. The summed E-state index contributed by atoms with van der Waals surface area (Å²) in [6.45, 7) is 7.89. The number of anilines is 1. The fourth-order valence-electron chi connectivity index (χ4n) is 3.30. The van der Waals surface area contributed by atoms with Crippen LogP contribution in [0, 0.1) is 6.92 Å². The molecule has 0 saturated carbocycles. The Morgan fingerprint density at radius 2 is 1.93 bits per heavy atom. The largest absolute Gasteiger partial charge is 0.369 e. The number of carbonyl (C=O) groups is 2. The van der Waals surface area contributed by atoms with E-state index in [0.29, 0.717) is 12.1 Å². The van der Waals surface area contributed by atoms with Gasteiger partial charge in [-0.2, -0.15) is 11.3 Å². The molecule has 1 saturated heterocycles. The van der Waals surface area contributed by atoms with Crippen LogP contribution in [0.2, 0.25) is 0 Å². The molecule has 1 fully saturated rings. The number of amides is 2. The minimum atomic E-state index is -0.206. The molecule has 2 heterocycles. The highest BCUT2D eigenvalue weighted by Crippen LogP contribution is 2.17. The van der Waals surface area contributed by atoms with Gasteiger partial charge in [-0.1, -0.05) is 12.1 Å². The molecule has 6 nitrogen and oxygen atoms in total. The third-order valence-corrected chi connectivity index (χ3v) is 5.59. The van der Waals surface area contributed by atoms with Crippen molar-refractivity contribution >= 4 is 28.8 Å². The van der Waals surface area contributed by atoms with Crippen molar-refractivity contribution in [1.29, 1.82) is 0 Å². The van der Waals surface area contributed by atoms with E-state index in [1.807, 2.05) is 5.38 Å². The predicted octanol–water partition coefficient (Wildman–Crippen LogP) is 2.11. The molecule has 0 aliphatic carbocycles. The first kappa shape index (κ1) is 20.4. The molecule has 0 bridgehead atoms. The number of piperazine rings is 1. The molecular formula is C21H28N4O2S. The van der Waals surface area contributed by atoms with Crippen molar-refractivity contribution in [2.24, 2.45) is 0 Å². The van der Waals surface area contributed by atoms with Crippen molar-refractivity contribution in [2.75, 3.05) is 50.7 Å². The third kappa shape index (κ3) is 6.07. The first-order valence-corrected chi connectivity index (χ1v) is 10.7. The molecule has 3 rings (SSSR count). The van der Waals surface area contributed by atoms with Crippen molar-refractivity contribution in [1.82, 2.24) is 15.5 Å². The van der Waals surface area contributed by atoms with Gasteiger partial charge in [0.1, 0.15) is 0 Å². The molecule has 1 aromatic heterocycles. The van der Waals surface area contributed by atoms with Crippen LogP contribution in [0.5, 0.6) is 0 Å². The SMILES string of the molecule is Cc1cccc(N2CCN(CCCNC(=O)CNC(=O)c3ccsc3)CC2)c1. The number of aryl methyl sites for hydroxylation is 1. The van der Waals surface area contributed by atoms with Crippen LogP contribution in [0.1, 0.15) is 22.3 Å². The van der Waals surface area contributed by atoms with E-state index in [1.165, 1.54) is 22.6 Å². The second-order valence-corrected chi connectivity index (χ2v) is 7.85. The van der Waals surface area contributed by atoms with E-state index in [0.717, 1.165) is 39.1 Å². The molecule has 1 aliphatic heterocycles. The zero-order valence-electron chi connectivity index (χ0n) is 16.3. The van der Waals surface area contributed by atoms with Gasteiger partial charge in [-0.25, -0.2) is 0 Å². The minimum absolute atomic E-state index is 0.0177. The van der Waals surface area contributed by atoms with Gasteiger partial charge in [0.25, 0.3) is 5.91 Å². The average molecular weight is 401 g/mol. The topological polar surface area (TPSA) is 64.7 Å². The zero-order valence-corrected chi connectivity index (χ0v) is 17.1. The Balaban J connectivity index is 1.27. The smallest absolute Gasteiger partial charge is 0.252 e. The summed E-state index contributed by atoms with van der Waals surface area (Å²) in [6, 6.07) is 10.4. The van der Waals surface area contributed by atoms with E-state index in [1.54, 1.807) is 11.4 Å². The van der Waals surface area contributed by atoms with E-state index < -0.39 is 0 Å². The lowest BCUT2D eigenvalue weighted by Crippen LogP contribution is -2.47. The lowest BCUT2D eigenvalue weighted by Gasteiger charge is -2.36. The quantitative estimate of drug-likeness (QED) is 0.666. The first-order chi connectivity index (χ1) is 13.6. The van der Waals surface area contributed by atoms with Crippen LogP contribution in [0.4, 0.5) is 5.69 Å². The van der Waals surface area contributed by atoms with Crippen LogP contribution in [-0.2, 0) is 4.79 Å². The van der Waals surface area contributed by atoms with Crippen molar-refractivity contribution in [2.45, 2.75) is 13.3 Å². The highest BCUT2D eigenvalue weighted by Gasteiger charge is 2.17. The summed E-state index contributed by atoms with van der Waals surface area (Å²) in [5.74, 6) is -0.351. The molecule has 7 heteroatoms. The number of hydrogen-bond acceptors (Lipinski definition) is 5. The van der Waals surface area contributed by atoms with E-state index >= 15 is 0 Å². The molecule has 1 aromatic carbocycles. The number of thiophene rings is 1. The maximum Gasteiger partial charge on any atom is 0.252 e.